The number of carboxylic acid groups (broad SMARTS) is 1. The summed E-state index contributed by atoms with van der Waals surface area (Å²) in [5, 5.41) is 21.8. The second kappa shape index (κ2) is 21.8. The Balaban J connectivity index is 1.25. The van der Waals surface area contributed by atoms with Gasteiger partial charge in [-0.25, -0.2) is 4.79 Å². The van der Waals surface area contributed by atoms with Crippen molar-refractivity contribution in [2.45, 2.75) is 133 Å². The van der Waals surface area contributed by atoms with E-state index in [9.17, 15) is 19.8 Å². The molecule has 7 nitrogen and oxygen atoms in total. The molecule has 1 aliphatic rings. The minimum atomic E-state index is -0.944. The van der Waals surface area contributed by atoms with Crippen LogP contribution in [-0.4, -0.2) is 33.9 Å². The zero-order valence-electron chi connectivity index (χ0n) is 29.1. The molecule has 49 heavy (non-hydrogen) atoms. The third kappa shape index (κ3) is 13.9. The van der Waals surface area contributed by atoms with Crippen LogP contribution >= 0.6 is 11.8 Å². The van der Waals surface area contributed by atoms with Crippen LogP contribution < -0.4 is 5.32 Å². The second-order valence-corrected chi connectivity index (χ2v) is 14.3. The van der Waals surface area contributed by atoms with Gasteiger partial charge in [0.05, 0.1) is 24.4 Å². The summed E-state index contributed by atoms with van der Waals surface area (Å²) in [6.45, 7) is 2.24. The third-order valence-electron chi connectivity index (χ3n) is 9.10. The molecule has 3 aromatic rings. The standard InChI is InChI=1S/C41H55NO6S/c1-2-3-4-5-6-7-8-9-10-11-12-13-14-18-39(44)42-35-17-15-16-34(27-35)41-47-36(30-49-37-25-23-33(24-26-37)40(45)46)28-38(48-41)32-21-19-31(29-43)20-22-32/h15-17,19-27,36,38,41,43H,2-14,18,28-30H2,1H3,(H,42,44)(H,45,46). The van der Waals surface area contributed by atoms with Gasteiger partial charge in [0, 0.05) is 34.7 Å². The molecule has 8 heteroatoms. The lowest BCUT2D eigenvalue weighted by molar-refractivity contribution is -0.245. The Morgan fingerprint density at radius 2 is 1.41 bits per heavy atom. The van der Waals surface area contributed by atoms with Gasteiger partial charge < -0.3 is 25.0 Å². The number of aliphatic hydroxyl groups excluding tert-OH is 1. The molecule has 0 spiro atoms. The Morgan fingerprint density at radius 3 is 2.02 bits per heavy atom. The van der Waals surface area contributed by atoms with Crippen LogP contribution in [0.2, 0.25) is 0 Å². The summed E-state index contributed by atoms with van der Waals surface area (Å²) in [5.41, 5.74) is 3.66. The molecule has 1 heterocycles. The van der Waals surface area contributed by atoms with E-state index in [0.717, 1.165) is 40.1 Å². The molecule has 0 bridgehead atoms. The minimum absolute atomic E-state index is 0.0185. The first-order chi connectivity index (χ1) is 23.9. The van der Waals surface area contributed by atoms with E-state index in [1.165, 1.54) is 70.6 Å². The van der Waals surface area contributed by atoms with E-state index in [-0.39, 0.29) is 30.3 Å². The maximum Gasteiger partial charge on any atom is 0.335 e. The number of aliphatic hydroxyl groups is 1. The van der Waals surface area contributed by atoms with Crippen molar-refractivity contribution in [1.29, 1.82) is 0 Å². The number of carbonyl (C=O) groups is 2. The van der Waals surface area contributed by atoms with Crippen molar-refractivity contribution in [2.75, 3.05) is 11.1 Å². The number of hydrogen-bond donors (Lipinski definition) is 3. The van der Waals surface area contributed by atoms with Gasteiger partial charge in [0.2, 0.25) is 5.91 Å². The molecule has 3 atom stereocenters. The molecule has 3 N–H and O–H groups in total. The van der Waals surface area contributed by atoms with Gasteiger partial charge in [-0.3, -0.25) is 4.79 Å². The van der Waals surface area contributed by atoms with Crippen molar-refractivity contribution >= 4 is 29.3 Å². The SMILES string of the molecule is CCCCCCCCCCCCCCCC(=O)Nc1cccc(C2OC(CSc3ccc(C(=O)O)cc3)CC(c3ccc(CO)cc3)O2)c1. The second-order valence-electron chi connectivity index (χ2n) is 13.2. The quantitative estimate of drug-likeness (QED) is 0.0712. The highest BCUT2D eigenvalue weighted by atomic mass is 32.2. The van der Waals surface area contributed by atoms with Gasteiger partial charge in [0.25, 0.3) is 0 Å². The molecule has 3 aromatic carbocycles. The van der Waals surface area contributed by atoms with E-state index in [4.69, 9.17) is 9.47 Å². The molecular formula is C41H55NO6S. The number of unbranched alkanes of at least 4 members (excludes halogenated alkanes) is 12. The lowest BCUT2D eigenvalue weighted by atomic mass is 10.0. The van der Waals surface area contributed by atoms with Crippen molar-refractivity contribution in [1.82, 2.24) is 0 Å². The zero-order valence-corrected chi connectivity index (χ0v) is 29.9. The van der Waals surface area contributed by atoms with E-state index < -0.39 is 12.3 Å². The van der Waals surface area contributed by atoms with E-state index in [0.29, 0.717) is 18.6 Å². The number of carboxylic acids is 1. The lowest BCUT2D eigenvalue weighted by Gasteiger charge is -2.36. The Labute approximate surface area is 297 Å². The third-order valence-corrected chi connectivity index (χ3v) is 10.2. The van der Waals surface area contributed by atoms with Gasteiger partial charge in [0.15, 0.2) is 6.29 Å². The lowest BCUT2D eigenvalue weighted by Crippen LogP contribution is -2.31. The molecule has 3 unspecified atom stereocenters. The molecule has 0 aliphatic carbocycles. The topological polar surface area (TPSA) is 105 Å². The number of hydrogen-bond acceptors (Lipinski definition) is 6. The van der Waals surface area contributed by atoms with Crippen molar-refractivity contribution in [3.05, 3.63) is 95.1 Å². The minimum Gasteiger partial charge on any atom is -0.478 e. The molecule has 0 saturated carbocycles. The molecule has 0 radical (unpaired) electrons. The highest BCUT2D eigenvalue weighted by molar-refractivity contribution is 7.99. The van der Waals surface area contributed by atoms with Crippen molar-refractivity contribution in [3.63, 3.8) is 0 Å². The number of benzene rings is 3. The predicted molar refractivity (Wildman–Crippen MR) is 198 cm³/mol. The van der Waals surface area contributed by atoms with Gasteiger partial charge in [0.1, 0.15) is 0 Å². The number of aromatic carboxylic acids is 1. The summed E-state index contributed by atoms with van der Waals surface area (Å²) in [6.07, 6.45) is 16.8. The average molecular weight is 690 g/mol. The molecule has 4 rings (SSSR count). The summed E-state index contributed by atoms with van der Waals surface area (Å²) in [4.78, 5) is 25.0. The van der Waals surface area contributed by atoms with Crippen LogP contribution in [0.4, 0.5) is 5.69 Å². The van der Waals surface area contributed by atoms with Crippen LogP contribution in [0.25, 0.3) is 0 Å². The van der Waals surface area contributed by atoms with Crippen LogP contribution in [0, 0.1) is 0 Å². The molecule has 1 fully saturated rings. The first kappa shape index (κ1) is 38.6. The number of amides is 1. The Kier molecular flexibility index (Phi) is 17.2. The number of carbonyl (C=O) groups excluding carboxylic acids is 1. The Hall–Kier alpha value is -3.17. The van der Waals surface area contributed by atoms with Crippen molar-refractivity contribution in [2.24, 2.45) is 0 Å². The Morgan fingerprint density at radius 1 is 0.776 bits per heavy atom. The van der Waals surface area contributed by atoms with Crippen LogP contribution in [0.15, 0.2) is 77.7 Å². The molecule has 266 valence electrons. The fourth-order valence-corrected chi connectivity index (χ4v) is 7.12. The monoisotopic (exact) mass is 689 g/mol. The maximum atomic E-state index is 12.8. The highest BCUT2D eigenvalue weighted by Crippen LogP contribution is 2.40. The first-order valence-electron chi connectivity index (χ1n) is 18.3. The van der Waals surface area contributed by atoms with Gasteiger partial charge in [-0.15, -0.1) is 11.8 Å². The van der Waals surface area contributed by atoms with Crippen LogP contribution in [0.1, 0.15) is 143 Å². The number of ether oxygens (including phenoxy) is 2. The summed E-state index contributed by atoms with van der Waals surface area (Å²) in [6, 6.07) is 22.3. The van der Waals surface area contributed by atoms with E-state index >= 15 is 0 Å². The van der Waals surface area contributed by atoms with E-state index in [2.05, 4.69) is 12.2 Å². The van der Waals surface area contributed by atoms with Crippen molar-refractivity contribution in [3.8, 4) is 0 Å². The number of rotatable bonds is 22. The summed E-state index contributed by atoms with van der Waals surface area (Å²) in [7, 11) is 0. The fraction of sp³-hybridized carbons (Fsp3) is 0.512. The van der Waals surface area contributed by atoms with Crippen molar-refractivity contribution < 1.29 is 29.3 Å². The van der Waals surface area contributed by atoms with E-state index in [1.54, 1.807) is 23.9 Å². The molecule has 1 aliphatic heterocycles. The van der Waals surface area contributed by atoms with Gasteiger partial charge in [-0.05, 0) is 53.9 Å². The summed E-state index contributed by atoms with van der Waals surface area (Å²) >= 11 is 1.62. The maximum absolute atomic E-state index is 12.8. The smallest absolute Gasteiger partial charge is 0.335 e. The van der Waals surface area contributed by atoms with Crippen LogP contribution in [-0.2, 0) is 20.9 Å². The predicted octanol–water partition coefficient (Wildman–Crippen LogP) is 10.6. The number of nitrogens with one attached hydrogen (secondary N) is 1. The fourth-order valence-electron chi connectivity index (χ4n) is 6.20. The molecular weight excluding hydrogens is 635 g/mol. The normalized spacial score (nSPS) is 17.6. The number of anilines is 1. The van der Waals surface area contributed by atoms with E-state index in [1.807, 2.05) is 60.7 Å². The summed E-state index contributed by atoms with van der Waals surface area (Å²) < 4.78 is 13.0. The number of thioether (sulfide) groups is 1. The van der Waals surface area contributed by atoms with Crippen LogP contribution in [0.3, 0.4) is 0 Å². The highest BCUT2D eigenvalue weighted by Gasteiger charge is 2.32. The largest absolute Gasteiger partial charge is 0.478 e. The first-order valence-corrected chi connectivity index (χ1v) is 19.3. The molecule has 1 amide bonds. The van der Waals surface area contributed by atoms with Gasteiger partial charge >= 0.3 is 5.97 Å². The molecule has 1 saturated heterocycles. The van der Waals surface area contributed by atoms with Gasteiger partial charge in [-0.2, -0.15) is 0 Å². The average Bonchev–Trinajstić information content (AvgIpc) is 3.13. The zero-order chi connectivity index (χ0) is 34.7. The molecule has 0 aromatic heterocycles. The Bertz CT molecular complexity index is 1400. The van der Waals surface area contributed by atoms with Crippen LogP contribution in [0.5, 0.6) is 0 Å². The van der Waals surface area contributed by atoms with Gasteiger partial charge in [-0.1, -0.05) is 120 Å². The summed E-state index contributed by atoms with van der Waals surface area (Å²) in [5.74, 6) is -0.261.